The van der Waals surface area contributed by atoms with Gasteiger partial charge in [-0.05, 0) is 29.8 Å². The number of allylic oxidation sites excluding steroid dienone is 1. The van der Waals surface area contributed by atoms with E-state index < -0.39 is 0 Å². The number of carbonyl (C=O) groups excluding carboxylic acids is 1. The molecule has 0 saturated heterocycles. The Morgan fingerprint density at radius 1 is 1.17 bits per heavy atom. The molecule has 2 aromatic rings. The first-order valence-electron chi connectivity index (χ1n) is 7.26. The smallest absolute Gasteiger partial charge is 0.243 e. The summed E-state index contributed by atoms with van der Waals surface area (Å²) in [6.45, 7) is 0.197. The molecule has 1 N–H and O–H groups in total. The maximum Gasteiger partial charge on any atom is 0.243 e. The van der Waals surface area contributed by atoms with Crippen molar-refractivity contribution in [3.63, 3.8) is 0 Å². The van der Waals surface area contributed by atoms with Crippen molar-refractivity contribution in [1.82, 2.24) is 5.43 Å². The molecule has 1 amide bonds. The Morgan fingerprint density at radius 3 is 2.71 bits per heavy atom. The summed E-state index contributed by atoms with van der Waals surface area (Å²) in [5.41, 5.74) is 3.48. The normalized spacial score (nSPS) is 11.1. The summed E-state index contributed by atoms with van der Waals surface area (Å²) in [5, 5.41) is 4.77. The molecule has 124 valence electrons. The number of nitrogens with zero attached hydrogens (tertiary/aromatic N) is 1. The van der Waals surface area contributed by atoms with Gasteiger partial charge >= 0.3 is 0 Å². The quantitative estimate of drug-likeness (QED) is 0.578. The zero-order valence-electron chi connectivity index (χ0n) is 12.8. The van der Waals surface area contributed by atoms with Gasteiger partial charge in [-0.25, -0.2) is 5.43 Å². The van der Waals surface area contributed by atoms with E-state index in [1.165, 1.54) is 6.21 Å². The fraction of sp³-hybridized carbons (Fsp3) is 0.111. The lowest BCUT2D eigenvalue weighted by molar-refractivity contribution is -0.121. The van der Waals surface area contributed by atoms with E-state index in [1.807, 2.05) is 36.4 Å². The molecule has 0 aromatic heterocycles. The fourth-order valence-corrected chi connectivity index (χ4v) is 2.24. The van der Waals surface area contributed by atoms with Gasteiger partial charge in [-0.3, -0.25) is 4.79 Å². The van der Waals surface area contributed by atoms with E-state index in [0.717, 1.165) is 5.56 Å². The summed E-state index contributed by atoms with van der Waals surface area (Å²) in [6, 6.07) is 14.7. The molecule has 0 spiro atoms. The van der Waals surface area contributed by atoms with E-state index >= 15 is 0 Å². The summed E-state index contributed by atoms with van der Waals surface area (Å²) < 4.78 is 5.43. The highest BCUT2D eigenvalue weighted by molar-refractivity contribution is 6.35. The summed E-state index contributed by atoms with van der Waals surface area (Å²) in [5.74, 6) is 0.243. The van der Waals surface area contributed by atoms with Crippen molar-refractivity contribution in [2.45, 2.75) is 6.42 Å². The molecule has 0 unspecified atom stereocenters. The number of benzene rings is 2. The molecule has 0 aliphatic rings. The van der Waals surface area contributed by atoms with E-state index in [1.54, 1.807) is 24.3 Å². The number of amides is 1. The van der Waals surface area contributed by atoms with E-state index in [4.69, 9.17) is 27.9 Å². The van der Waals surface area contributed by atoms with Crippen molar-refractivity contribution in [2.24, 2.45) is 5.10 Å². The second-order valence-corrected chi connectivity index (χ2v) is 5.60. The maximum absolute atomic E-state index is 11.6. The highest BCUT2D eigenvalue weighted by Gasteiger charge is 2.04. The first kappa shape index (κ1) is 18.0. The van der Waals surface area contributed by atoms with Gasteiger partial charge in [0.15, 0.2) is 0 Å². The monoisotopic (exact) mass is 362 g/mol. The number of carbonyl (C=O) groups is 1. The lowest BCUT2D eigenvalue weighted by Gasteiger charge is -2.07. The third-order valence-electron chi connectivity index (χ3n) is 2.92. The number of hydrogen-bond donors (Lipinski definition) is 1. The van der Waals surface area contributed by atoms with Crippen LogP contribution in [0.2, 0.25) is 10.0 Å². The Bertz CT molecular complexity index is 731. The Morgan fingerprint density at radius 2 is 1.96 bits per heavy atom. The van der Waals surface area contributed by atoms with Crippen molar-refractivity contribution >= 4 is 41.4 Å². The minimum Gasteiger partial charge on any atom is -0.491 e. The molecule has 0 aliphatic carbocycles. The molecular weight excluding hydrogens is 347 g/mol. The Hall–Kier alpha value is -2.30. The predicted molar refractivity (Wildman–Crippen MR) is 98.7 cm³/mol. The number of ether oxygens (including phenoxy) is 1. The van der Waals surface area contributed by atoms with Gasteiger partial charge in [-0.15, -0.1) is 0 Å². The molecule has 0 saturated carbocycles. The number of hydrazone groups is 1. The third kappa shape index (κ3) is 6.44. The van der Waals surface area contributed by atoms with Crippen LogP contribution in [0.5, 0.6) is 5.75 Å². The van der Waals surface area contributed by atoms with Crippen LogP contribution in [-0.4, -0.2) is 18.7 Å². The van der Waals surface area contributed by atoms with Gasteiger partial charge in [0.1, 0.15) is 5.75 Å². The van der Waals surface area contributed by atoms with Gasteiger partial charge in [0, 0.05) is 11.2 Å². The van der Waals surface area contributed by atoms with Crippen molar-refractivity contribution < 1.29 is 9.53 Å². The zero-order chi connectivity index (χ0) is 17.2. The van der Waals surface area contributed by atoms with Crippen LogP contribution in [0.15, 0.2) is 59.7 Å². The van der Waals surface area contributed by atoms with Gasteiger partial charge in [0.05, 0.1) is 18.1 Å². The summed E-state index contributed by atoms with van der Waals surface area (Å²) >= 11 is 11.8. The summed E-state index contributed by atoms with van der Waals surface area (Å²) in [7, 11) is 0. The van der Waals surface area contributed by atoms with Crippen LogP contribution >= 0.6 is 23.2 Å². The molecule has 0 atom stereocenters. The highest BCUT2D eigenvalue weighted by Crippen LogP contribution is 2.27. The largest absolute Gasteiger partial charge is 0.491 e. The van der Waals surface area contributed by atoms with Crippen LogP contribution in [0.3, 0.4) is 0 Å². The van der Waals surface area contributed by atoms with Gasteiger partial charge < -0.3 is 4.74 Å². The summed E-state index contributed by atoms with van der Waals surface area (Å²) in [4.78, 5) is 11.6. The average molecular weight is 363 g/mol. The lowest BCUT2D eigenvalue weighted by atomic mass is 10.2. The fourth-order valence-electron chi connectivity index (χ4n) is 1.77. The van der Waals surface area contributed by atoms with Crippen LogP contribution in [0, 0.1) is 0 Å². The molecule has 0 aliphatic heterocycles. The number of hydrogen-bond acceptors (Lipinski definition) is 3. The number of nitrogens with one attached hydrogen (secondary N) is 1. The van der Waals surface area contributed by atoms with E-state index in [9.17, 15) is 4.79 Å². The van der Waals surface area contributed by atoms with Crippen LogP contribution in [0.25, 0.3) is 6.08 Å². The van der Waals surface area contributed by atoms with Gasteiger partial charge in [-0.2, -0.15) is 5.10 Å². The molecule has 2 aromatic carbocycles. The molecule has 0 heterocycles. The third-order valence-corrected chi connectivity index (χ3v) is 3.45. The Balaban J connectivity index is 1.68. The van der Waals surface area contributed by atoms with Crippen LogP contribution < -0.4 is 10.2 Å². The van der Waals surface area contributed by atoms with Gasteiger partial charge in [0.25, 0.3) is 0 Å². The second kappa shape index (κ2) is 9.75. The van der Waals surface area contributed by atoms with E-state index in [0.29, 0.717) is 15.8 Å². The maximum atomic E-state index is 11.6. The van der Waals surface area contributed by atoms with Crippen LogP contribution in [-0.2, 0) is 4.79 Å². The molecular formula is C18H16Cl2N2O2. The minimum absolute atomic E-state index is 0.165. The van der Waals surface area contributed by atoms with Crippen LogP contribution in [0.4, 0.5) is 0 Å². The van der Waals surface area contributed by atoms with Crippen LogP contribution in [0.1, 0.15) is 12.0 Å². The molecule has 2 rings (SSSR count). The van der Waals surface area contributed by atoms with Gasteiger partial charge in [0.2, 0.25) is 5.91 Å². The molecule has 6 heteroatoms. The Kier molecular flexibility index (Phi) is 7.33. The highest BCUT2D eigenvalue weighted by atomic mass is 35.5. The number of rotatable bonds is 7. The second-order valence-electron chi connectivity index (χ2n) is 4.76. The van der Waals surface area contributed by atoms with Crippen molar-refractivity contribution in [3.8, 4) is 5.75 Å². The first-order valence-corrected chi connectivity index (χ1v) is 8.02. The van der Waals surface area contributed by atoms with Crippen molar-refractivity contribution in [2.75, 3.05) is 6.61 Å². The lowest BCUT2D eigenvalue weighted by Crippen LogP contribution is -2.19. The minimum atomic E-state index is -0.246. The molecule has 4 nitrogen and oxygen atoms in total. The topological polar surface area (TPSA) is 50.7 Å². The molecule has 0 bridgehead atoms. The molecule has 24 heavy (non-hydrogen) atoms. The SMILES string of the molecule is O=C(CCOc1ccc(Cl)cc1Cl)N/N=C\C=C\c1ccccc1. The van der Waals surface area contributed by atoms with E-state index in [2.05, 4.69) is 10.5 Å². The molecule has 0 fully saturated rings. The predicted octanol–water partition coefficient (Wildman–Crippen LogP) is 4.58. The molecule has 0 radical (unpaired) electrons. The van der Waals surface area contributed by atoms with Gasteiger partial charge in [-0.1, -0.05) is 59.6 Å². The van der Waals surface area contributed by atoms with Crippen molar-refractivity contribution in [3.05, 3.63) is 70.2 Å². The first-order chi connectivity index (χ1) is 11.6. The van der Waals surface area contributed by atoms with E-state index in [-0.39, 0.29) is 18.9 Å². The Labute approximate surface area is 150 Å². The summed E-state index contributed by atoms with van der Waals surface area (Å²) in [6.07, 6.45) is 5.32. The van der Waals surface area contributed by atoms with Crippen molar-refractivity contribution in [1.29, 1.82) is 0 Å². The number of halogens is 2. The standard InChI is InChI=1S/C18H16Cl2N2O2/c19-15-8-9-17(16(20)13-15)24-12-10-18(23)22-21-11-4-7-14-5-2-1-3-6-14/h1-9,11,13H,10,12H2,(H,22,23)/b7-4+,21-11-. The zero-order valence-corrected chi connectivity index (χ0v) is 14.3. The average Bonchev–Trinajstić information content (AvgIpc) is 2.57.